The van der Waals surface area contributed by atoms with Crippen molar-refractivity contribution in [2.45, 2.75) is 78.8 Å². The van der Waals surface area contributed by atoms with Crippen LogP contribution in [0.4, 0.5) is 0 Å². The highest BCUT2D eigenvalue weighted by atomic mass is 15.2. The maximum atomic E-state index is 2.64. The van der Waals surface area contributed by atoms with Crippen LogP contribution in [0.15, 0.2) is 0 Å². The van der Waals surface area contributed by atoms with Gasteiger partial charge in [0.1, 0.15) is 0 Å². The smallest absolute Gasteiger partial charge is 0.0153 e. The average molecular weight is 283 g/mol. The van der Waals surface area contributed by atoms with E-state index < -0.39 is 0 Å². The molecular formula is C18H38N2. The first-order valence-electron chi connectivity index (χ1n) is 8.52. The standard InChI is InChI=1S/C18H38N2/c1-9-15-11-18(5,6)20(8)14-17(3,4)12-16(10-2)19(7)13-15/h15-16H,9-14H2,1-8H3. The van der Waals surface area contributed by atoms with Crippen LogP contribution in [0.3, 0.4) is 0 Å². The Morgan fingerprint density at radius 2 is 1.55 bits per heavy atom. The van der Waals surface area contributed by atoms with Gasteiger partial charge in [-0.2, -0.15) is 0 Å². The summed E-state index contributed by atoms with van der Waals surface area (Å²) in [5.74, 6) is 0.813. The molecule has 1 rings (SSSR count). The fraction of sp³-hybridized carbons (Fsp3) is 1.00. The Balaban J connectivity index is 2.98. The highest BCUT2D eigenvalue weighted by Gasteiger charge is 2.35. The van der Waals surface area contributed by atoms with Crippen molar-refractivity contribution in [3.8, 4) is 0 Å². The van der Waals surface area contributed by atoms with Crippen LogP contribution in [0.1, 0.15) is 67.2 Å². The van der Waals surface area contributed by atoms with Gasteiger partial charge in [-0.1, -0.05) is 34.1 Å². The molecule has 120 valence electrons. The van der Waals surface area contributed by atoms with Crippen molar-refractivity contribution in [3.63, 3.8) is 0 Å². The summed E-state index contributed by atoms with van der Waals surface area (Å²) in [6.07, 6.45) is 5.17. The fourth-order valence-corrected chi connectivity index (χ4v) is 3.93. The van der Waals surface area contributed by atoms with E-state index in [0.29, 0.717) is 11.0 Å². The topological polar surface area (TPSA) is 6.48 Å². The van der Waals surface area contributed by atoms with Gasteiger partial charge in [0, 0.05) is 24.7 Å². The number of rotatable bonds is 2. The van der Waals surface area contributed by atoms with Gasteiger partial charge < -0.3 is 9.80 Å². The molecular weight excluding hydrogens is 244 g/mol. The van der Waals surface area contributed by atoms with Gasteiger partial charge in [-0.3, -0.25) is 0 Å². The molecule has 0 aromatic rings. The summed E-state index contributed by atoms with van der Waals surface area (Å²) < 4.78 is 0. The maximum Gasteiger partial charge on any atom is 0.0153 e. The van der Waals surface area contributed by atoms with Crippen LogP contribution in [0.25, 0.3) is 0 Å². The zero-order valence-corrected chi connectivity index (χ0v) is 15.3. The van der Waals surface area contributed by atoms with E-state index in [-0.39, 0.29) is 0 Å². The summed E-state index contributed by atoms with van der Waals surface area (Å²) in [4.78, 5) is 5.24. The molecule has 0 N–H and O–H groups in total. The zero-order chi connectivity index (χ0) is 15.6. The summed E-state index contributed by atoms with van der Waals surface area (Å²) in [5.41, 5.74) is 0.692. The first-order valence-corrected chi connectivity index (χ1v) is 8.52. The molecule has 1 aliphatic rings. The van der Waals surface area contributed by atoms with E-state index in [2.05, 4.69) is 65.4 Å². The van der Waals surface area contributed by atoms with Gasteiger partial charge in [-0.15, -0.1) is 0 Å². The second-order valence-corrected chi connectivity index (χ2v) is 8.52. The largest absolute Gasteiger partial charge is 0.303 e. The molecule has 0 saturated carbocycles. The van der Waals surface area contributed by atoms with E-state index in [9.17, 15) is 0 Å². The highest BCUT2D eigenvalue weighted by molar-refractivity contribution is 4.90. The van der Waals surface area contributed by atoms with Crippen LogP contribution in [0, 0.1) is 11.3 Å². The van der Waals surface area contributed by atoms with Gasteiger partial charge in [-0.05, 0) is 58.5 Å². The van der Waals surface area contributed by atoms with Crippen LogP contribution >= 0.6 is 0 Å². The molecule has 0 bridgehead atoms. The zero-order valence-electron chi connectivity index (χ0n) is 15.3. The minimum atomic E-state index is 0.303. The van der Waals surface area contributed by atoms with E-state index in [1.807, 2.05) is 0 Å². The predicted octanol–water partition coefficient (Wildman–Crippen LogP) is 4.25. The van der Waals surface area contributed by atoms with Crippen LogP contribution < -0.4 is 0 Å². The minimum absolute atomic E-state index is 0.303. The Bertz CT molecular complexity index is 290. The second kappa shape index (κ2) is 6.79. The van der Waals surface area contributed by atoms with Crippen molar-refractivity contribution in [3.05, 3.63) is 0 Å². The molecule has 1 heterocycles. The van der Waals surface area contributed by atoms with Crippen molar-refractivity contribution in [1.82, 2.24) is 9.80 Å². The van der Waals surface area contributed by atoms with E-state index in [1.54, 1.807) is 0 Å². The fourth-order valence-electron chi connectivity index (χ4n) is 3.93. The predicted molar refractivity (Wildman–Crippen MR) is 90.2 cm³/mol. The summed E-state index contributed by atoms with van der Waals surface area (Å²) in [6.45, 7) is 16.9. The molecule has 0 radical (unpaired) electrons. The summed E-state index contributed by atoms with van der Waals surface area (Å²) in [6, 6.07) is 0.730. The Labute approximate surface area is 127 Å². The lowest BCUT2D eigenvalue weighted by molar-refractivity contribution is 0.0343. The molecule has 20 heavy (non-hydrogen) atoms. The number of hydrogen-bond acceptors (Lipinski definition) is 2. The molecule has 2 atom stereocenters. The quantitative estimate of drug-likeness (QED) is 0.747. The van der Waals surface area contributed by atoms with Gasteiger partial charge in [0.15, 0.2) is 0 Å². The molecule has 0 aromatic carbocycles. The lowest BCUT2D eigenvalue weighted by Gasteiger charge is -2.46. The van der Waals surface area contributed by atoms with Gasteiger partial charge in [0.25, 0.3) is 0 Å². The Hall–Kier alpha value is -0.0800. The average Bonchev–Trinajstić information content (AvgIpc) is 2.33. The first kappa shape index (κ1) is 18.0. The second-order valence-electron chi connectivity index (χ2n) is 8.52. The molecule has 0 aliphatic carbocycles. The van der Waals surface area contributed by atoms with Crippen LogP contribution in [-0.4, -0.2) is 48.6 Å². The third-order valence-electron chi connectivity index (χ3n) is 5.49. The van der Waals surface area contributed by atoms with Gasteiger partial charge >= 0.3 is 0 Å². The molecule has 0 aromatic heterocycles. The van der Waals surface area contributed by atoms with Gasteiger partial charge in [0.2, 0.25) is 0 Å². The first-order chi connectivity index (χ1) is 9.11. The van der Waals surface area contributed by atoms with E-state index >= 15 is 0 Å². The molecule has 1 fully saturated rings. The molecule has 2 unspecified atom stereocenters. The molecule has 0 spiro atoms. The van der Waals surface area contributed by atoms with Crippen molar-refractivity contribution in [2.75, 3.05) is 27.2 Å². The van der Waals surface area contributed by atoms with Crippen molar-refractivity contribution < 1.29 is 0 Å². The van der Waals surface area contributed by atoms with Crippen molar-refractivity contribution in [1.29, 1.82) is 0 Å². The Kier molecular flexibility index (Phi) is 6.10. The molecule has 2 nitrogen and oxygen atoms in total. The summed E-state index contributed by atoms with van der Waals surface area (Å²) >= 11 is 0. The van der Waals surface area contributed by atoms with Crippen LogP contribution in [0.5, 0.6) is 0 Å². The lowest BCUT2D eigenvalue weighted by Crippen LogP contribution is -2.51. The van der Waals surface area contributed by atoms with Crippen LogP contribution in [0.2, 0.25) is 0 Å². The minimum Gasteiger partial charge on any atom is -0.303 e. The lowest BCUT2D eigenvalue weighted by atomic mass is 9.79. The number of hydrogen-bond donors (Lipinski definition) is 0. The van der Waals surface area contributed by atoms with E-state index in [1.165, 1.54) is 38.8 Å². The Morgan fingerprint density at radius 3 is 2.05 bits per heavy atom. The normalized spacial score (nSPS) is 33.0. The molecule has 1 saturated heterocycles. The summed E-state index contributed by atoms with van der Waals surface area (Å²) in [5, 5.41) is 0. The van der Waals surface area contributed by atoms with E-state index in [4.69, 9.17) is 0 Å². The maximum absolute atomic E-state index is 2.64. The van der Waals surface area contributed by atoms with Crippen molar-refractivity contribution in [2.24, 2.45) is 11.3 Å². The van der Waals surface area contributed by atoms with Crippen molar-refractivity contribution >= 4 is 0 Å². The third-order valence-corrected chi connectivity index (χ3v) is 5.49. The third kappa shape index (κ3) is 4.73. The molecule has 1 aliphatic heterocycles. The molecule has 2 heteroatoms. The van der Waals surface area contributed by atoms with Gasteiger partial charge in [0.05, 0.1) is 0 Å². The highest BCUT2D eigenvalue weighted by Crippen LogP contribution is 2.34. The molecule has 0 amide bonds. The van der Waals surface area contributed by atoms with Gasteiger partial charge in [-0.25, -0.2) is 0 Å². The Morgan fingerprint density at radius 1 is 0.950 bits per heavy atom. The summed E-state index contributed by atoms with van der Waals surface area (Å²) in [7, 11) is 4.66. The SMILES string of the molecule is CCC1CN(C)C(CC)CC(C)(C)CN(C)C(C)(C)C1. The van der Waals surface area contributed by atoms with E-state index in [0.717, 1.165) is 12.0 Å². The monoisotopic (exact) mass is 282 g/mol. The number of nitrogens with zero attached hydrogens (tertiary/aromatic N) is 2. The van der Waals surface area contributed by atoms with Crippen LogP contribution in [-0.2, 0) is 0 Å².